The summed E-state index contributed by atoms with van der Waals surface area (Å²) in [5, 5.41) is 3.96. The molecule has 0 aromatic carbocycles. The first-order valence-electron chi connectivity index (χ1n) is 5.79. The number of urea groups is 2. The Labute approximate surface area is 108 Å². The smallest absolute Gasteiger partial charge is 0.318 e. The first kappa shape index (κ1) is 13.1. The zero-order valence-corrected chi connectivity index (χ0v) is 9.96. The van der Waals surface area contributed by atoms with E-state index in [0.29, 0.717) is 6.42 Å². The van der Waals surface area contributed by atoms with Crippen LogP contribution in [-0.4, -0.2) is 23.9 Å². The van der Waals surface area contributed by atoms with Crippen LogP contribution >= 0.6 is 0 Å². The van der Waals surface area contributed by atoms with Crippen LogP contribution in [0.4, 0.5) is 9.59 Å². The fourth-order valence-electron chi connectivity index (χ4n) is 2.95. The zero-order valence-electron chi connectivity index (χ0n) is 9.96. The van der Waals surface area contributed by atoms with Crippen LogP contribution < -0.4 is 22.1 Å². The van der Waals surface area contributed by atoms with Crippen LogP contribution in [0.5, 0.6) is 0 Å². The summed E-state index contributed by atoms with van der Waals surface area (Å²) in [6.45, 7) is 0. The molecule has 0 unspecified atom stereocenters. The summed E-state index contributed by atoms with van der Waals surface area (Å²) in [4.78, 5) is 45.3. The second-order valence-electron chi connectivity index (χ2n) is 4.71. The number of hydrogen-bond donors (Lipinski definition) is 4. The van der Waals surface area contributed by atoms with E-state index in [-0.39, 0.29) is 11.8 Å². The molecule has 2 rings (SSSR count). The number of primary amides is 2. The van der Waals surface area contributed by atoms with E-state index in [9.17, 15) is 19.2 Å². The molecule has 0 heterocycles. The van der Waals surface area contributed by atoms with E-state index in [2.05, 4.69) is 0 Å². The quantitative estimate of drug-likeness (QED) is 0.466. The predicted molar refractivity (Wildman–Crippen MR) is 63.2 cm³/mol. The van der Waals surface area contributed by atoms with Crippen molar-refractivity contribution in [3.8, 4) is 0 Å². The molecule has 2 aliphatic rings. The van der Waals surface area contributed by atoms with Crippen LogP contribution in [-0.2, 0) is 9.59 Å². The molecule has 1 fully saturated rings. The lowest BCUT2D eigenvalue weighted by atomic mass is 9.81. The Balaban J connectivity index is 2.18. The highest BCUT2D eigenvalue weighted by molar-refractivity contribution is 6.01. The van der Waals surface area contributed by atoms with Gasteiger partial charge in [0, 0.05) is 0 Å². The minimum absolute atomic E-state index is 0.132. The number of allylic oxidation sites excluding steroid dienone is 2. The number of carbonyl (C=O) groups is 4. The fourth-order valence-corrected chi connectivity index (χ4v) is 2.95. The van der Waals surface area contributed by atoms with Crippen molar-refractivity contribution in [2.45, 2.75) is 6.42 Å². The largest absolute Gasteiger partial charge is 0.351 e. The Morgan fingerprint density at radius 2 is 1.21 bits per heavy atom. The van der Waals surface area contributed by atoms with E-state index in [1.807, 2.05) is 22.8 Å². The van der Waals surface area contributed by atoms with Crippen molar-refractivity contribution >= 4 is 23.9 Å². The van der Waals surface area contributed by atoms with Crippen molar-refractivity contribution in [3.05, 3.63) is 12.2 Å². The average Bonchev–Trinajstić information content (AvgIpc) is 2.85. The molecular weight excluding hydrogens is 252 g/mol. The van der Waals surface area contributed by atoms with Crippen molar-refractivity contribution in [1.29, 1.82) is 0 Å². The molecule has 0 saturated heterocycles. The van der Waals surface area contributed by atoms with Gasteiger partial charge < -0.3 is 11.5 Å². The molecule has 0 aliphatic heterocycles. The van der Waals surface area contributed by atoms with Gasteiger partial charge in [0.2, 0.25) is 11.8 Å². The predicted octanol–water partition coefficient (Wildman–Crippen LogP) is -1.19. The molecule has 8 nitrogen and oxygen atoms in total. The van der Waals surface area contributed by atoms with Gasteiger partial charge in [-0.05, 0) is 18.3 Å². The van der Waals surface area contributed by atoms with Crippen molar-refractivity contribution < 1.29 is 19.2 Å². The number of amides is 6. The number of fused-ring (bicyclic) bond motifs is 2. The highest BCUT2D eigenvalue weighted by Crippen LogP contribution is 2.48. The fraction of sp³-hybridized carbons (Fsp3) is 0.455. The molecule has 6 amide bonds. The number of carbonyl (C=O) groups excluding carboxylic acids is 4. The zero-order chi connectivity index (χ0) is 14.2. The van der Waals surface area contributed by atoms with Gasteiger partial charge in [0.25, 0.3) is 0 Å². The Hall–Kier alpha value is -2.38. The van der Waals surface area contributed by atoms with E-state index >= 15 is 0 Å². The van der Waals surface area contributed by atoms with Gasteiger partial charge in [-0.15, -0.1) is 0 Å². The van der Waals surface area contributed by atoms with E-state index in [0.717, 1.165) is 0 Å². The van der Waals surface area contributed by atoms with Gasteiger partial charge in [0.05, 0.1) is 11.8 Å². The number of rotatable bonds is 2. The highest BCUT2D eigenvalue weighted by atomic mass is 16.2. The van der Waals surface area contributed by atoms with Gasteiger partial charge >= 0.3 is 12.1 Å². The molecule has 0 radical (unpaired) electrons. The van der Waals surface area contributed by atoms with Gasteiger partial charge in [-0.1, -0.05) is 12.2 Å². The first-order valence-corrected chi connectivity index (χ1v) is 5.79. The number of imide groups is 2. The van der Waals surface area contributed by atoms with Crippen LogP contribution in [0.15, 0.2) is 12.2 Å². The number of nitrogens with one attached hydrogen (secondary N) is 2. The van der Waals surface area contributed by atoms with E-state index in [1.54, 1.807) is 0 Å². The van der Waals surface area contributed by atoms with E-state index in [1.165, 1.54) is 0 Å². The maximum Gasteiger partial charge on any atom is 0.318 e. The van der Waals surface area contributed by atoms with Crippen LogP contribution in [0.1, 0.15) is 6.42 Å². The third kappa shape index (κ3) is 2.42. The summed E-state index contributed by atoms with van der Waals surface area (Å²) in [6.07, 6.45) is 4.31. The third-order valence-electron chi connectivity index (χ3n) is 3.56. The van der Waals surface area contributed by atoms with E-state index in [4.69, 9.17) is 11.5 Å². The molecule has 102 valence electrons. The lowest BCUT2D eigenvalue weighted by molar-refractivity contribution is -0.134. The van der Waals surface area contributed by atoms with Gasteiger partial charge in [0.15, 0.2) is 0 Å². The van der Waals surface area contributed by atoms with Crippen molar-refractivity contribution in [2.75, 3.05) is 0 Å². The summed E-state index contributed by atoms with van der Waals surface area (Å²) >= 11 is 0. The lowest BCUT2D eigenvalue weighted by Crippen LogP contribution is -2.48. The highest BCUT2D eigenvalue weighted by Gasteiger charge is 2.51. The summed E-state index contributed by atoms with van der Waals surface area (Å²) < 4.78 is 0. The molecule has 0 spiro atoms. The van der Waals surface area contributed by atoms with Crippen LogP contribution in [0.25, 0.3) is 0 Å². The Morgan fingerprint density at radius 1 is 0.842 bits per heavy atom. The first-order chi connectivity index (χ1) is 8.90. The maximum absolute atomic E-state index is 11.9. The Kier molecular flexibility index (Phi) is 3.24. The van der Waals surface area contributed by atoms with Crippen molar-refractivity contribution in [3.63, 3.8) is 0 Å². The molecule has 19 heavy (non-hydrogen) atoms. The molecule has 1 saturated carbocycles. The molecule has 0 aromatic rings. The molecule has 6 N–H and O–H groups in total. The summed E-state index contributed by atoms with van der Waals surface area (Å²) in [7, 11) is 0. The minimum Gasteiger partial charge on any atom is -0.351 e. The molecule has 2 bridgehead atoms. The van der Waals surface area contributed by atoms with Crippen LogP contribution in [0.2, 0.25) is 0 Å². The molecular formula is C11H14N4O4. The molecule has 0 aromatic heterocycles. The van der Waals surface area contributed by atoms with Gasteiger partial charge in [-0.3, -0.25) is 20.2 Å². The molecule has 2 aliphatic carbocycles. The normalized spacial score (nSPS) is 30.9. The van der Waals surface area contributed by atoms with Crippen LogP contribution in [0, 0.1) is 23.7 Å². The average molecular weight is 266 g/mol. The third-order valence-corrected chi connectivity index (χ3v) is 3.56. The van der Waals surface area contributed by atoms with E-state index < -0.39 is 35.7 Å². The summed E-state index contributed by atoms with van der Waals surface area (Å²) in [5.74, 6) is -2.88. The number of hydrogen-bond acceptors (Lipinski definition) is 4. The summed E-state index contributed by atoms with van der Waals surface area (Å²) in [5.41, 5.74) is 9.80. The lowest BCUT2D eigenvalue weighted by Gasteiger charge is -2.25. The maximum atomic E-state index is 11.9. The van der Waals surface area contributed by atoms with Crippen molar-refractivity contribution in [1.82, 2.24) is 10.6 Å². The topological polar surface area (TPSA) is 144 Å². The van der Waals surface area contributed by atoms with Gasteiger partial charge in [-0.2, -0.15) is 0 Å². The number of nitrogens with two attached hydrogens (primary N) is 2. The second kappa shape index (κ2) is 4.71. The Morgan fingerprint density at radius 3 is 1.53 bits per heavy atom. The minimum atomic E-state index is -0.967. The monoisotopic (exact) mass is 266 g/mol. The molecule has 8 heteroatoms. The van der Waals surface area contributed by atoms with Crippen LogP contribution in [0.3, 0.4) is 0 Å². The molecule has 4 atom stereocenters. The Bertz CT molecular complexity index is 445. The SMILES string of the molecule is NC(=O)NC(=O)[C@@H]1[C@H](C(=O)NC(N)=O)[C@H]2C=C[C@H]1C2. The van der Waals surface area contributed by atoms with Crippen molar-refractivity contribution in [2.24, 2.45) is 35.1 Å². The standard InChI is InChI=1S/C11H14N4O4/c12-10(18)14-8(16)6-4-1-2-5(3-4)7(6)9(17)15-11(13)19/h1-2,4-7H,3H2,(H3,12,14,16,18)(H3,13,15,17,19)/t4-,5-,6-,7+/m0/s1. The summed E-state index contributed by atoms with van der Waals surface area (Å²) in [6, 6.07) is -1.93. The van der Waals surface area contributed by atoms with Gasteiger partial charge in [0.1, 0.15) is 0 Å². The second-order valence-corrected chi connectivity index (χ2v) is 4.71. The van der Waals surface area contributed by atoms with Gasteiger partial charge in [-0.25, -0.2) is 9.59 Å².